The Morgan fingerprint density at radius 3 is 2.00 bits per heavy atom. The van der Waals surface area contributed by atoms with Gasteiger partial charge < -0.3 is 0 Å². The lowest BCUT2D eigenvalue weighted by atomic mass is 10.1. The Balaban J connectivity index is 3.44. The van der Waals surface area contributed by atoms with Gasteiger partial charge in [0.05, 0.1) is 0 Å². The van der Waals surface area contributed by atoms with E-state index in [-0.39, 0.29) is 0 Å². The zero-order valence-electron chi connectivity index (χ0n) is 11.1. The summed E-state index contributed by atoms with van der Waals surface area (Å²) < 4.78 is 30.7. The molecule has 1 atom stereocenters. The standard InChI is InChI=1S/C12H27NO3S/c1-3-5-6-7-8-9-10-11-13-12(4-2)17(14,15)16/h12-13H,3-11H2,1-2H3,(H,14,15,16). The summed E-state index contributed by atoms with van der Waals surface area (Å²) in [5.74, 6) is 0. The number of rotatable bonds is 11. The van der Waals surface area contributed by atoms with Gasteiger partial charge in [0.2, 0.25) is 0 Å². The first-order chi connectivity index (χ1) is 8.02. The molecule has 4 nitrogen and oxygen atoms in total. The lowest BCUT2D eigenvalue weighted by molar-refractivity contribution is 0.442. The van der Waals surface area contributed by atoms with E-state index < -0.39 is 15.5 Å². The molecule has 0 spiro atoms. The minimum absolute atomic E-state index is 0.398. The molecule has 0 amide bonds. The minimum Gasteiger partial charge on any atom is -0.299 e. The van der Waals surface area contributed by atoms with Gasteiger partial charge >= 0.3 is 0 Å². The molecule has 1 unspecified atom stereocenters. The van der Waals surface area contributed by atoms with E-state index in [0.717, 1.165) is 12.8 Å². The Labute approximate surface area is 106 Å². The third kappa shape index (κ3) is 9.56. The second-order valence-corrected chi connectivity index (χ2v) is 6.09. The van der Waals surface area contributed by atoms with Crippen molar-refractivity contribution in [2.24, 2.45) is 0 Å². The van der Waals surface area contributed by atoms with Crippen molar-refractivity contribution in [2.45, 2.75) is 70.6 Å². The maximum absolute atomic E-state index is 10.9. The quantitative estimate of drug-likeness (QED) is 0.445. The van der Waals surface area contributed by atoms with Gasteiger partial charge in [0.15, 0.2) is 0 Å². The molecule has 0 rings (SSSR count). The van der Waals surface area contributed by atoms with E-state index >= 15 is 0 Å². The van der Waals surface area contributed by atoms with Crippen LogP contribution in [0.2, 0.25) is 0 Å². The van der Waals surface area contributed by atoms with Crippen molar-refractivity contribution in [2.75, 3.05) is 6.54 Å². The average Bonchev–Trinajstić information content (AvgIpc) is 2.25. The summed E-state index contributed by atoms with van der Waals surface area (Å²) in [4.78, 5) is 0. The summed E-state index contributed by atoms with van der Waals surface area (Å²) >= 11 is 0. The van der Waals surface area contributed by atoms with E-state index in [1.54, 1.807) is 6.92 Å². The zero-order valence-corrected chi connectivity index (χ0v) is 11.9. The SMILES string of the molecule is CCCCCCCCCNC(CC)S(=O)(=O)O. The van der Waals surface area contributed by atoms with Crippen molar-refractivity contribution in [3.63, 3.8) is 0 Å². The zero-order chi connectivity index (χ0) is 13.1. The maximum Gasteiger partial charge on any atom is 0.281 e. The average molecular weight is 265 g/mol. The summed E-state index contributed by atoms with van der Waals surface area (Å²) in [7, 11) is -3.93. The summed E-state index contributed by atoms with van der Waals surface area (Å²) in [6.45, 7) is 4.60. The Morgan fingerprint density at radius 2 is 1.53 bits per heavy atom. The van der Waals surface area contributed by atoms with Crippen molar-refractivity contribution in [3.8, 4) is 0 Å². The summed E-state index contributed by atoms with van der Waals surface area (Å²) in [5, 5.41) is 2.07. The molecular weight excluding hydrogens is 238 g/mol. The van der Waals surface area contributed by atoms with Crippen LogP contribution in [0.25, 0.3) is 0 Å². The highest BCUT2D eigenvalue weighted by Gasteiger charge is 2.19. The van der Waals surface area contributed by atoms with Crippen molar-refractivity contribution in [1.29, 1.82) is 0 Å². The van der Waals surface area contributed by atoms with Crippen molar-refractivity contribution < 1.29 is 13.0 Å². The van der Waals surface area contributed by atoms with Gasteiger partial charge in [-0.05, 0) is 19.4 Å². The molecule has 0 aliphatic rings. The van der Waals surface area contributed by atoms with E-state index in [9.17, 15) is 8.42 Å². The van der Waals surface area contributed by atoms with Crippen LogP contribution >= 0.6 is 0 Å². The molecule has 0 aliphatic carbocycles. The fraction of sp³-hybridized carbons (Fsp3) is 1.00. The highest BCUT2D eigenvalue weighted by molar-refractivity contribution is 7.86. The van der Waals surface area contributed by atoms with Crippen LogP contribution in [0.15, 0.2) is 0 Å². The van der Waals surface area contributed by atoms with Crippen LogP contribution in [0.5, 0.6) is 0 Å². The molecule has 0 fully saturated rings. The van der Waals surface area contributed by atoms with E-state index in [0.29, 0.717) is 13.0 Å². The van der Waals surface area contributed by atoms with Gasteiger partial charge in [-0.3, -0.25) is 9.87 Å². The van der Waals surface area contributed by atoms with E-state index in [1.807, 2.05) is 0 Å². The predicted molar refractivity (Wildman–Crippen MR) is 71.6 cm³/mol. The van der Waals surface area contributed by atoms with Gasteiger partial charge in [-0.25, -0.2) is 0 Å². The van der Waals surface area contributed by atoms with Crippen LogP contribution in [-0.2, 0) is 10.1 Å². The fourth-order valence-electron chi connectivity index (χ4n) is 1.81. The second kappa shape index (κ2) is 9.85. The van der Waals surface area contributed by atoms with Gasteiger partial charge in [0, 0.05) is 0 Å². The first-order valence-electron chi connectivity index (χ1n) is 6.72. The lowest BCUT2D eigenvalue weighted by Gasteiger charge is -2.13. The molecule has 2 N–H and O–H groups in total. The number of hydrogen-bond acceptors (Lipinski definition) is 3. The van der Waals surface area contributed by atoms with Gasteiger partial charge in [-0.2, -0.15) is 8.42 Å². The van der Waals surface area contributed by atoms with Gasteiger partial charge in [-0.1, -0.05) is 52.4 Å². The van der Waals surface area contributed by atoms with Crippen LogP contribution < -0.4 is 5.32 Å². The summed E-state index contributed by atoms with van der Waals surface area (Å²) in [5.41, 5.74) is 0. The normalized spacial score (nSPS) is 13.8. The van der Waals surface area contributed by atoms with Crippen LogP contribution in [0.1, 0.15) is 65.2 Å². The van der Waals surface area contributed by atoms with Crippen LogP contribution in [0, 0.1) is 0 Å². The van der Waals surface area contributed by atoms with Crippen molar-refractivity contribution in [3.05, 3.63) is 0 Å². The van der Waals surface area contributed by atoms with Crippen molar-refractivity contribution in [1.82, 2.24) is 5.32 Å². The topological polar surface area (TPSA) is 66.4 Å². The molecule has 0 aromatic carbocycles. The van der Waals surface area contributed by atoms with E-state index in [1.165, 1.54) is 32.1 Å². The molecule has 0 saturated heterocycles. The Kier molecular flexibility index (Phi) is 9.78. The third-order valence-corrected chi connectivity index (χ3v) is 4.10. The van der Waals surface area contributed by atoms with Gasteiger partial charge in [0.25, 0.3) is 10.1 Å². The largest absolute Gasteiger partial charge is 0.299 e. The van der Waals surface area contributed by atoms with E-state index in [2.05, 4.69) is 12.2 Å². The Morgan fingerprint density at radius 1 is 1.00 bits per heavy atom. The highest BCUT2D eigenvalue weighted by atomic mass is 32.2. The molecule has 0 aliphatic heterocycles. The maximum atomic E-state index is 10.9. The molecule has 5 heteroatoms. The second-order valence-electron chi connectivity index (χ2n) is 4.49. The van der Waals surface area contributed by atoms with Gasteiger partial charge in [0.1, 0.15) is 5.37 Å². The monoisotopic (exact) mass is 265 g/mol. The van der Waals surface area contributed by atoms with Crippen LogP contribution in [0.4, 0.5) is 0 Å². The molecule has 0 bridgehead atoms. The Bertz CT molecular complexity index is 265. The lowest BCUT2D eigenvalue weighted by Crippen LogP contribution is -2.36. The molecule has 0 radical (unpaired) electrons. The summed E-state index contributed by atoms with van der Waals surface area (Å²) in [6, 6.07) is 0. The summed E-state index contributed by atoms with van der Waals surface area (Å²) in [6.07, 6.45) is 8.83. The van der Waals surface area contributed by atoms with Crippen LogP contribution in [0.3, 0.4) is 0 Å². The molecule has 17 heavy (non-hydrogen) atoms. The smallest absolute Gasteiger partial charge is 0.281 e. The van der Waals surface area contributed by atoms with E-state index in [4.69, 9.17) is 4.55 Å². The molecule has 0 aromatic heterocycles. The fourth-order valence-corrected chi connectivity index (χ4v) is 2.56. The molecule has 0 aromatic rings. The van der Waals surface area contributed by atoms with Gasteiger partial charge in [-0.15, -0.1) is 0 Å². The first kappa shape index (κ1) is 16.9. The Hall–Kier alpha value is -0.130. The third-order valence-electron chi connectivity index (χ3n) is 2.88. The van der Waals surface area contributed by atoms with Crippen molar-refractivity contribution >= 4 is 10.1 Å². The van der Waals surface area contributed by atoms with Crippen LogP contribution in [-0.4, -0.2) is 24.9 Å². The number of hydrogen-bond donors (Lipinski definition) is 2. The molecular formula is C12H27NO3S. The molecule has 0 saturated carbocycles. The molecule has 104 valence electrons. The number of nitrogens with one attached hydrogen (secondary N) is 1. The minimum atomic E-state index is -3.93. The first-order valence-corrected chi connectivity index (χ1v) is 8.22. The predicted octanol–water partition coefficient (Wildman–Crippen LogP) is 2.95. The molecule has 0 heterocycles. The number of unbranched alkanes of at least 4 members (excludes halogenated alkanes) is 6. The highest BCUT2D eigenvalue weighted by Crippen LogP contribution is 2.07.